The standard InChI is InChI=1S/C27H34IN5O3S/c1-6-19-8-11-21(12-9-19)36-18(5)26(35)29-15-24-31-32-27(33(24)7-2)37-16-25(34)30-23-13-10-20(28)14-22(23)17(3)4/h8-14,17-18H,6-7,15-16H2,1-5H3,(H,29,35)(H,30,34)/t18-/m0/s1. The third-order valence-corrected chi connectivity index (χ3v) is 7.42. The van der Waals surface area contributed by atoms with E-state index in [-0.39, 0.29) is 24.1 Å². The Morgan fingerprint density at radius 2 is 1.81 bits per heavy atom. The molecule has 10 heteroatoms. The fourth-order valence-electron chi connectivity index (χ4n) is 3.69. The first-order chi connectivity index (χ1) is 17.7. The summed E-state index contributed by atoms with van der Waals surface area (Å²) in [6.45, 7) is 10.8. The Morgan fingerprint density at radius 3 is 2.46 bits per heavy atom. The highest BCUT2D eigenvalue weighted by atomic mass is 127. The molecule has 2 N–H and O–H groups in total. The predicted octanol–water partition coefficient (Wildman–Crippen LogP) is 5.40. The maximum Gasteiger partial charge on any atom is 0.261 e. The van der Waals surface area contributed by atoms with Gasteiger partial charge in [0.05, 0.1) is 12.3 Å². The van der Waals surface area contributed by atoms with Crippen LogP contribution in [-0.4, -0.2) is 38.4 Å². The summed E-state index contributed by atoms with van der Waals surface area (Å²) in [6.07, 6.45) is 0.297. The minimum atomic E-state index is -0.653. The summed E-state index contributed by atoms with van der Waals surface area (Å²) < 4.78 is 8.80. The molecule has 37 heavy (non-hydrogen) atoms. The molecule has 3 aromatic rings. The molecular weight excluding hydrogens is 601 g/mol. The Kier molecular flexibility index (Phi) is 10.8. The van der Waals surface area contributed by atoms with Crippen LogP contribution in [0.5, 0.6) is 5.75 Å². The highest BCUT2D eigenvalue weighted by Gasteiger charge is 2.18. The van der Waals surface area contributed by atoms with Crippen LogP contribution in [0.2, 0.25) is 0 Å². The van der Waals surface area contributed by atoms with Gasteiger partial charge in [0.15, 0.2) is 17.1 Å². The monoisotopic (exact) mass is 635 g/mol. The molecule has 198 valence electrons. The van der Waals surface area contributed by atoms with Crippen molar-refractivity contribution in [3.05, 3.63) is 63.0 Å². The van der Waals surface area contributed by atoms with E-state index in [0.29, 0.717) is 29.2 Å². The van der Waals surface area contributed by atoms with Crippen LogP contribution in [0, 0.1) is 3.57 Å². The van der Waals surface area contributed by atoms with Crippen molar-refractivity contribution in [1.29, 1.82) is 0 Å². The Balaban J connectivity index is 1.54. The van der Waals surface area contributed by atoms with Crippen molar-refractivity contribution >= 4 is 51.9 Å². The van der Waals surface area contributed by atoms with E-state index in [4.69, 9.17) is 4.74 Å². The van der Waals surface area contributed by atoms with Crippen molar-refractivity contribution in [2.75, 3.05) is 11.1 Å². The molecule has 0 saturated heterocycles. The smallest absolute Gasteiger partial charge is 0.261 e. The van der Waals surface area contributed by atoms with Crippen molar-refractivity contribution in [2.45, 2.75) is 71.3 Å². The molecule has 0 fully saturated rings. The van der Waals surface area contributed by atoms with Gasteiger partial charge in [0, 0.05) is 15.8 Å². The van der Waals surface area contributed by atoms with Crippen LogP contribution in [0.15, 0.2) is 47.6 Å². The lowest BCUT2D eigenvalue weighted by molar-refractivity contribution is -0.127. The largest absolute Gasteiger partial charge is 0.481 e. The number of thioether (sulfide) groups is 1. The van der Waals surface area contributed by atoms with Crippen molar-refractivity contribution < 1.29 is 14.3 Å². The molecule has 0 aliphatic heterocycles. The number of aromatic nitrogens is 3. The summed E-state index contributed by atoms with van der Waals surface area (Å²) in [7, 11) is 0. The van der Waals surface area contributed by atoms with E-state index in [1.165, 1.54) is 17.3 Å². The molecule has 0 aliphatic carbocycles. The number of benzene rings is 2. The van der Waals surface area contributed by atoms with Gasteiger partial charge in [-0.05, 0) is 90.2 Å². The van der Waals surface area contributed by atoms with E-state index in [0.717, 1.165) is 21.2 Å². The maximum absolute atomic E-state index is 12.7. The third kappa shape index (κ3) is 8.19. The van der Waals surface area contributed by atoms with E-state index >= 15 is 0 Å². The van der Waals surface area contributed by atoms with Gasteiger partial charge >= 0.3 is 0 Å². The highest BCUT2D eigenvalue weighted by molar-refractivity contribution is 14.1. The number of nitrogens with zero attached hydrogens (tertiary/aromatic N) is 3. The van der Waals surface area contributed by atoms with Gasteiger partial charge in [-0.25, -0.2) is 0 Å². The Hall–Kier alpha value is -2.60. The van der Waals surface area contributed by atoms with E-state index in [1.807, 2.05) is 47.9 Å². The highest BCUT2D eigenvalue weighted by Crippen LogP contribution is 2.27. The van der Waals surface area contributed by atoms with Crippen LogP contribution in [0.4, 0.5) is 5.69 Å². The molecule has 0 saturated carbocycles. The van der Waals surface area contributed by atoms with Gasteiger partial charge in [-0.2, -0.15) is 0 Å². The van der Waals surface area contributed by atoms with E-state index < -0.39 is 6.10 Å². The second-order valence-corrected chi connectivity index (χ2v) is 11.0. The lowest BCUT2D eigenvalue weighted by Gasteiger charge is -2.15. The number of carbonyl (C=O) groups excluding carboxylic acids is 2. The Morgan fingerprint density at radius 1 is 1.08 bits per heavy atom. The molecule has 0 aliphatic rings. The lowest BCUT2D eigenvalue weighted by atomic mass is 10.0. The summed E-state index contributed by atoms with van der Waals surface area (Å²) >= 11 is 3.60. The number of anilines is 1. The van der Waals surface area contributed by atoms with Gasteiger partial charge in [-0.3, -0.25) is 9.59 Å². The molecule has 0 bridgehead atoms. The molecular formula is C27H34IN5O3S. The van der Waals surface area contributed by atoms with Gasteiger partial charge in [-0.1, -0.05) is 44.7 Å². The zero-order chi connectivity index (χ0) is 26.9. The van der Waals surface area contributed by atoms with Gasteiger partial charge in [0.2, 0.25) is 5.91 Å². The Labute approximate surface area is 236 Å². The number of hydrogen-bond acceptors (Lipinski definition) is 6. The van der Waals surface area contributed by atoms with E-state index in [9.17, 15) is 9.59 Å². The number of aryl methyl sites for hydroxylation is 1. The number of halogens is 1. The average molecular weight is 636 g/mol. The van der Waals surface area contributed by atoms with Gasteiger partial charge in [0.1, 0.15) is 5.75 Å². The van der Waals surface area contributed by atoms with Crippen molar-refractivity contribution in [1.82, 2.24) is 20.1 Å². The molecule has 1 heterocycles. The number of nitrogens with one attached hydrogen (secondary N) is 2. The molecule has 0 unspecified atom stereocenters. The molecule has 3 rings (SSSR count). The quantitative estimate of drug-likeness (QED) is 0.204. The SMILES string of the molecule is CCc1ccc(O[C@@H](C)C(=O)NCc2nnc(SCC(=O)Nc3ccc(I)cc3C(C)C)n2CC)cc1. The van der Waals surface area contributed by atoms with Gasteiger partial charge in [0.25, 0.3) is 5.91 Å². The zero-order valence-corrected chi connectivity index (χ0v) is 24.9. The molecule has 1 aromatic heterocycles. The fraction of sp³-hybridized carbons (Fsp3) is 0.407. The summed E-state index contributed by atoms with van der Waals surface area (Å²) in [5, 5.41) is 15.0. The topological polar surface area (TPSA) is 98.1 Å². The number of rotatable bonds is 12. The minimum absolute atomic E-state index is 0.105. The number of carbonyl (C=O) groups is 2. The minimum Gasteiger partial charge on any atom is -0.481 e. The molecule has 8 nitrogen and oxygen atoms in total. The zero-order valence-electron chi connectivity index (χ0n) is 21.9. The first-order valence-corrected chi connectivity index (χ1v) is 14.5. The van der Waals surface area contributed by atoms with E-state index in [1.54, 1.807) is 6.92 Å². The normalized spacial score (nSPS) is 11.9. The van der Waals surface area contributed by atoms with Crippen molar-refractivity contribution in [2.24, 2.45) is 0 Å². The van der Waals surface area contributed by atoms with E-state index in [2.05, 4.69) is 70.3 Å². The summed E-state index contributed by atoms with van der Waals surface area (Å²) in [4.78, 5) is 25.2. The van der Waals surface area contributed by atoms with Crippen LogP contribution in [0.3, 0.4) is 0 Å². The predicted molar refractivity (Wildman–Crippen MR) is 156 cm³/mol. The van der Waals surface area contributed by atoms with Gasteiger partial charge < -0.3 is 19.9 Å². The average Bonchev–Trinajstić information content (AvgIpc) is 3.29. The third-order valence-electron chi connectivity index (χ3n) is 5.79. The second-order valence-electron chi connectivity index (χ2n) is 8.84. The second kappa shape index (κ2) is 13.8. The number of hydrogen-bond donors (Lipinski definition) is 2. The molecule has 1 atom stereocenters. The van der Waals surface area contributed by atoms with Crippen molar-refractivity contribution in [3.8, 4) is 5.75 Å². The van der Waals surface area contributed by atoms with Crippen LogP contribution in [0.1, 0.15) is 57.5 Å². The van der Waals surface area contributed by atoms with Crippen LogP contribution >= 0.6 is 34.4 Å². The van der Waals surface area contributed by atoms with Crippen molar-refractivity contribution in [3.63, 3.8) is 0 Å². The molecule has 2 amide bonds. The summed E-state index contributed by atoms with van der Waals surface area (Å²) in [6, 6.07) is 13.8. The molecule has 2 aromatic carbocycles. The summed E-state index contributed by atoms with van der Waals surface area (Å²) in [5.41, 5.74) is 3.15. The lowest BCUT2D eigenvalue weighted by Crippen LogP contribution is -2.36. The fourth-order valence-corrected chi connectivity index (χ4v) is 5.02. The van der Waals surface area contributed by atoms with Gasteiger partial charge in [-0.15, -0.1) is 10.2 Å². The maximum atomic E-state index is 12.7. The first kappa shape index (κ1) is 29.0. The van der Waals surface area contributed by atoms with Crippen LogP contribution in [-0.2, 0) is 29.1 Å². The number of ether oxygens (including phenoxy) is 1. The van der Waals surface area contributed by atoms with Crippen LogP contribution in [0.25, 0.3) is 0 Å². The molecule has 0 radical (unpaired) electrons. The Bertz CT molecular complexity index is 1210. The first-order valence-electron chi connectivity index (χ1n) is 12.4. The summed E-state index contributed by atoms with van der Waals surface area (Å²) in [5.74, 6) is 1.44. The number of amides is 2. The molecule has 0 spiro atoms. The van der Waals surface area contributed by atoms with Crippen LogP contribution < -0.4 is 15.4 Å².